The second kappa shape index (κ2) is 8.17. The van der Waals surface area contributed by atoms with Gasteiger partial charge in [0.2, 0.25) is 0 Å². The summed E-state index contributed by atoms with van der Waals surface area (Å²) in [6.07, 6.45) is 2.06. The van der Waals surface area contributed by atoms with Gasteiger partial charge in [-0.15, -0.1) is 11.8 Å². The van der Waals surface area contributed by atoms with E-state index in [-0.39, 0.29) is 5.91 Å². The number of aryl methyl sites for hydroxylation is 1. The smallest absolute Gasteiger partial charge is 0.260 e. The topological polar surface area (TPSA) is 33.2 Å². The van der Waals surface area contributed by atoms with E-state index in [2.05, 4.69) is 18.4 Å². The van der Waals surface area contributed by atoms with Gasteiger partial charge in [0, 0.05) is 10.5 Å². The lowest BCUT2D eigenvalue weighted by molar-refractivity contribution is 0.0985. The monoisotopic (exact) mass is 404 g/mol. The number of carbonyl (C=O) groups is 1. The highest BCUT2D eigenvalue weighted by atomic mass is 32.2. The first-order valence-electron chi connectivity index (χ1n) is 9.01. The number of aromatic nitrogens is 1. The zero-order valence-corrected chi connectivity index (χ0v) is 17.4. The predicted octanol–water partition coefficient (Wildman–Crippen LogP) is 6.17. The van der Waals surface area contributed by atoms with Gasteiger partial charge in [-0.25, -0.2) is 4.98 Å². The first-order chi connectivity index (χ1) is 13.6. The summed E-state index contributed by atoms with van der Waals surface area (Å²) in [6.45, 7) is 2.51. The van der Waals surface area contributed by atoms with Gasteiger partial charge in [0.15, 0.2) is 5.13 Å². The number of amides is 1. The third kappa shape index (κ3) is 3.96. The van der Waals surface area contributed by atoms with E-state index in [0.29, 0.717) is 12.1 Å². The molecule has 4 rings (SSSR count). The summed E-state index contributed by atoms with van der Waals surface area (Å²) in [4.78, 5) is 21.1. The molecule has 0 saturated heterocycles. The number of carbonyl (C=O) groups excluding carboxylic acids is 1. The molecule has 0 radical (unpaired) electrons. The van der Waals surface area contributed by atoms with Gasteiger partial charge in [-0.3, -0.25) is 9.69 Å². The van der Waals surface area contributed by atoms with Gasteiger partial charge in [0.05, 0.1) is 16.8 Å². The molecule has 0 atom stereocenters. The van der Waals surface area contributed by atoms with Crippen LogP contribution in [0.25, 0.3) is 10.2 Å². The zero-order chi connectivity index (χ0) is 19.5. The molecule has 0 saturated carbocycles. The summed E-state index contributed by atoms with van der Waals surface area (Å²) in [5.41, 5.74) is 3.81. The minimum atomic E-state index is -0.0343. The number of thiazole rings is 1. The molecule has 0 aliphatic carbocycles. The van der Waals surface area contributed by atoms with Gasteiger partial charge in [-0.1, -0.05) is 59.4 Å². The molecule has 1 aromatic heterocycles. The van der Waals surface area contributed by atoms with Crippen LogP contribution in [-0.4, -0.2) is 17.1 Å². The van der Waals surface area contributed by atoms with Crippen LogP contribution < -0.4 is 4.90 Å². The van der Waals surface area contributed by atoms with Crippen molar-refractivity contribution in [3.63, 3.8) is 0 Å². The van der Waals surface area contributed by atoms with Crippen molar-refractivity contribution >= 4 is 44.4 Å². The molecule has 28 heavy (non-hydrogen) atoms. The fourth-order valence-electron chi connectivity index (χ4n) is 2.98. The summed E-state index contributed by atoms with van der Waals surface area (Å²) < 4.78 is 1.09. The lowest BCUT2D eigenvalue weighted by Gasteiger charge is -2.20. The molecular weight excluding hydrogens is 384 g/mol. The second-order valence-electron chi connectivity index (χ2n) is 6.57. The Morgan fingerprint density at radius 1 is 1.04 bits per heavy atom. The maximum absolute atomic E-state index is 13.3. The lowest BCUT2D eigenvalue weighted by Crippen LogP contribution is -2.30. The molecule has 0 N–H and O–H groups in total. The number of anilines is 1. The summed E-state index contributed by atoms with van der Waals surface area (Å²) in [5.74, 6) is -0.0343. The van der Waals surface area contributed by atoms with Crippen LogP contribution >= 0.6 is 23.1 Å². The first kappa shape index (κ1) is 18.7. The number of benzene rings is 3. The Balaban J connectivity index is 1.75. The zero-order valence-electron chi connectivity index (χ0n) is 15.8. The van der Waals surface area contributed by atoms with Gasteiger partial charge in [0.25, 0.3) is 5.91 Å². The SMILES string of the molecule is CSc1ccc2nc(N(Cc3ccccc3)C(=O)c3ccc(C)cc3)sc2c1. The third-order valence-corrected chi connectivity index (χ3v) is 6.31. The standard InChI is InChI=1S/C23H20N2OS2/c1-16-8-10-18(11-9-16)22(26)25(15-17-6-4-3-5-7-17)23-24-20-13-12-19(27-2)14-21(20)28-23/h3-14H,15H2,1-2H3. The van der Waals surface area contributed by atoms with Gasteiger partial charge in [-0.05, 0) is 49.1 Å². The van der Waals surface area contributed by atoms with Crippen LogP contribution in [-0.2, 0) is 6.54 Å². The summed E-state index contributed by atoms with van der Waals surface area (Å²) >= 11 is 3.27. The molecule has 4 aromatic rings. The van der Waals surface area contributed by atoms with Crippen molar-refractivity contribution in [1.29, 1.82) is 0 Å². The quantitative estimate of drug-likeness (QED) is 0.373. The van der Waals surface area contributed by atoms with Crippen LogP contribution in [0.5, 0.6) is 0 Å². The minimum absolute atomic E-state index is 0.0343. The molecule has 0 spiro atoms. The molecule has 3 aromatic carbocycles. The van der Waals surface area contributed by atoms with Crippen LogP contribution in [0.4, 0.5) is 5.13 Å². The highest BCUT2D eigenvalue weighted by molar-refractivity contribution is 7.98. The van der Waals surface area contributed by atoms with Crippen molar-refractivity contribution in [2.75, 3.05) is 11.2 Å². The molecule has 3 nitrogen and oxygen atoms in total. The molecule has 140 valence electrons. The Labute approximate surface area is 173 Å². The number of hydrogen-bond donors (Lipinski definition) is 0. The van der Waals surface area contributed by atoms with E-state index in [1.807, 2.05) is 67.6 Å². The Morgan fingerprint density at radius 2 is 1.79 bits per heavy atom. The summed E-state index contributed by atoms with van der Waals surface area (Å²) in [5, 5.41) is 0.725. The van der Waals surface area contributed by atoms with Crippen LogP contribution in [0.3, 0.4) is 0 Å². The number of thioether (sulfide) groups is 1. The van der Waals surface area contributed by atoms with Gasteiger partial charge in [-0.2, -0.15) is 0 Å². The second-order valence-corrected chi connectivity index (χ2v) is 8.46. The van der Waals surface area contributed by atoms with Gasteiger partial charge >= 0.3 is 0 Å². The van der Waals surface area contributed by atoms with E-state index in [1.54, 1.807) is 28.0 Å². The van der Waals surface area contributed by atoms with Crippen molar-refractivity contribution < 1.29 is 4.79 Å². The summed E-state index contributed by atoms with van der Waals surface area (Å²) in [7, 11) is 0. The molecule has 1 heterocycles. The number of nitrogens with zero attached hydrogens (tertiary/aromatic N) is 2. The maximum Gasteiger partial charge on any atom is 0.260 e. The van der Waals surface area contributed by atoms with E-state index in [1.165, 1.54) is 4.90 Å². The van der Waals surface area contributed by atoms with Gasteiger partial charge < -0.3 is 0 Å². The summed E-state index contributed by atoms with van der Waals surface area (Å²) in [6, 6.07) is 24.0. The molecule has 0 unspecified atom stereocenters. The number of rotatable bonds is 5. The van der Waals surface area contributed by atoms with Crippen molar-refractivity contribution in [3.05, 3.63) is 89.5 Å². The lowest BCUT2D eigenvalue weighted by atomic mass is 10.1. The molecule has 0 aliphatic heterocycles. The molecular formula is C23H20N2OS2. The minimum Gasteiger partial charge on any atom is -0.279 e. The van der Waals surface area contributed by atoms with Crippen LogP contribution in [0.1, 0.15) is 21.5 Å². The number of fused-ring (bicyclic) bond motifs is 1. The fraction of sp³-hybridized carbons (Fsp3) is 0.130. The van der Waals surface area contributed by atoms with Crippen LogP contribution in [0, 0.1) is 6.92 Å². The molecule has 5 heteroatoms. The fourth-order valence-corrected chi connectivity index (χ4v) is 4.50. The predicted molar refractivity (Wildman–Crippen MR) is 120 cm³/mol. The van der Waals surface area contributed by atoms with Crippen molar-refractivity contribution in [3.8, 4) is 0 Å². The largest absolute Gasteiger partial charge is 0.279 e. The number of hydrogen-bond acceptors (Lipinski definition) is 4. The highest BCUT2D eigenvalue weighted by Crippen LogP contribution is 2.33. The van der Waals surface area contributed by atoms with E-state index < -0.39 is 0 Å². The average molecular weight is 405 g/mol. The van der Waals surface area contributed by atoms with Crippen molar-refractivity contribution in [1.82, 2.24) is 4.98 Å². The Hall–Kier alpha value is -2.63. The third-order valence-electron chi connectivity index (χ3n) is 4.54. The Morgan fingerprint density at radius 3 is 2.50 bits per heavy atom. The van der Waals surface area contributed by atoms with E-state index in [9.17, 15) is 4.79 Å². The van der Waals surface area contributed by atoms with E-state index in [0.717, 1.165) is 26.5 Å². The maximum atomic E-state index is 13.3. The van der Waals surface area contributed by atoms with Crippen molar-refractivity contribution in [2.45, 2.75) is 18.4 Å². The molecule has 0 aliphatic rings. The molecule has 0 fully saturated rings. The van der Waals surface area contributed by atoms with Crippen molar-refractivity contribution in [2.24, 2.45) is 0 Å². The highest BCUT2D eigenvalue weighted by Gasteiger charge is 2.21. The Bertz CT molecular complexity index is 1100. The van der Waals surface area contributed by atoms with E-state index in [4.69, 9.17) is 4.98 Å². The first-order valence-corrected chi connectivity index (χ1v) is 11.1. The van der Waals surface area contributed by atoms with Gasteiger partial charge in [0.1, 0.15) is 0 Å². The molecule has 1 amide bonds. The van der Waals surface area contributed by atoms with E-state index >= 15 is 0 Å². The van der Waals surface area contributed by atoms with Crippen LogP contribution in [0.15, 0.2) is 77.7 Å². The Kier molecular flexibility index (Phi) is 5.46. The average Bonchev–Trinajstić information content (AvgIpc) is 3.15. The van der Waals surface area contributed by atoms with Crippen LogP contribution in [0.2, 0.25) is 0 Å². The normalized spacial score (nSPS) is 10.9. The molecule has 0 bridgehead atoms.